The lowest BCUT2D eigenvalue weighted by atomic mass is 10.1. The molecule has 0 fully saturated rings. The molecule has 0 radical (unpaired) electrons. The number of hydrogen-bond donors (Lipinski definition) is 1. The molecule has 0 spiro atoms. The van der Waals surface area contributed by atoms with Crippen molar-refractivity contribution in [3.63, 3.8) is 0 Å². The Hall–Kier alpha value is -2.88. The van der Waals surface area contributed by atoms with E-state index in [1.165, 1.54) is 0 Å². The number of fused-ring (bicyclic) bond motifs is 1. The lowest BCUT2D eigenvalue weighted by molar-refractivity contribution is -0.133. The number of nitrogens with zero attached hydrogens (tertiary/aromatic N) is 2. The van der Waals surface area contributed by atoms with E-state index in [1.54, 1.807) is 0 Å². The maximum atomic E-state index is 13.7. The molecule has 150 valence electrons. The fourth-order valence-corrected chi connectivity index (χ4v) is 4.56. The molecule has 0 bridgehead atoms. The molecule has 0 saturated carbocycles. The lowest BCUT2D eigenvalue weighted by Gasteiger charge is -2.10. The van der Waals surface area contributed by atoms with E-state index in [0.717, 1.165) is 48.4 Å². The fraction of sp³-hybridized carbons (Fsp3) is 0.211. The summed E-state index contributed by atoms with van der Waals surface area (Å²) in [5, 5.41) is 2.20. The Kier molecular flexibility index (Phi) is 4.81. The minimum Gasteiger partial charge on any atom is -0.305 e. The summed E-state index contributed by atoms with van der Waals surface area (Å²) >= 11 is 0.720. The molecule has 4 nitrogen and oxygen atoms in total. The third kappa shape index (κ3) is 3.59. The van der Waals surface area contributed by atoms with E-state index >= 15 is 0 Å². The molecular weight excluding hydrogens is 413 g/mol. The van der Waals surface area contributed by atoms with Crippen molar-refractivity contribution in [1.82, 2.24) is 9.97 Å². The highest BCUT2D eigenvalue weighted by atomic mass is 32.1. The first kappa shape index (κ1) is 19.4. The van der Waals surface area contributed by atoms with Crippen LogP contribution in [-0.2, 0) is 19.0 Å². The van der Waals surface area contributed by atoms with Crippen LogP contribution in [0.5, 0.6) is 0 Å². The van der Waals surface area contributed by atoms with E-state index in [9.17, 15) is 26.7 Å². The van der Waals surface area contributed by atoms with Crippen LogP contribution >= 0.6 is 11.3 Å². The molecular formula is C19H12F5N3OS. The number of aromatic nitrogens is 2. The van der Waals surface area contributed by atoms with Gasteiger partial charge in [-0.05, 0) is 37.0 Å². The van der Waals surface area contributed by atoms with E-state index in [4.69, 9.17) is 0 Å². The number of hydrogen-bond acceptors (Lipinski definition) is 4. The average molecular weight is 425 g/mol. The zero-order valence-electron chi connectivity index (χ0n) is 14.6. The van der Waals surface area contributed by atoms with Gasteiger partial charge < -0.3 is 5.32 Å². The van der Waals surface area contributed by atoms with Gasteiger partial charge in [-0.15, -0.1) is 11.3 Å². The molecule has 0 aliphatic heterocycles. The zero-order chi connectivity index (χ0) is 20.8. The topological polar surface area (TPSA) is 54.9 Å². The van der Waals surface area contributed by atoms with Crippen molar-refractivity contribution >= 4 is 23.1 Å². The highest BCUT2D eigenvalue weighted by Gasteiger charge is 2.39. The van der Waals surface area contributed by atoms with Crippen LogP contribution in [0, 0.1) is 11.6 Å². The Morgan fingerprint density at radius 3 is 2.41 bits per heavy atom. The minimum atomic E-state index is -4.51. The van der Waals surface area contributed by atoms with E-state index in [0.29, 0.717) is 23.3 Å². The van der Waals surface area contributed by atoms with Crippen molar-refractivity contribution in [2.45, 2.75) is 25.4 Å². The number of nitrogens with one attached hydrogen (secondary N) is 1. The van der Waals surface area contributed by atoms with Gasteiger partial charge in [-0.1, -0.05) is 6.07 Å². The number of anilines is 1. The first-order chi connectivity index (χ1) is 13.8. The molecule has 0 saturated heterocycles. The van der Waals surface area contributed by atoms with Crippen molar-refractivity contribution in [2.24, 2.45) is 0 Å². The number of amides is 1. The number of carbonyl (C=O) groups excluding carboxylic acids is 1. The molecule has 1 amide bonds. The monoisotopic (exact) mass is 425 g/mol. The molecule has 3 aromatic rings. The number of halogens is 5. The van der Waals surface area contributed by atoms with Crippen molar-refractivity contribution in [1.29, 1.82) is 0 Å². The van der Waals surface area contributed by atoms with Gasteiger partial charge in [0.2, 0.25) is 0 Å². The quantitative estimate of drug-likeness (QED) is 0.584. The Bertz CT molecular complexity index is 1070. The Morgan fingerprint density at radius 1 is 1.07 bits per heavy atom. The van der Waals surface area contributed by atoms with Gasteiger partial charge in [-0.3, -0.25) is 9.78 Å². The second-order valence-corrected chi connectivity index (χ2v) is 7.50. The predicted molar refractivity (Wildman–Crippen MR) is 96.7 cm³/mol. The van der Waals surface area contributed by atoms with E-state index in [2.05, 4.69) is 15.3 Å². The van der Waals surface area contributed by atoms with Crippen LogP contribution in [0.25, 0.3) is 11.3 Å². The second kappa shape index (κ2) is 7.18. The number of thiophene rings is 1. The van der Waals surface area contributed by atoms with E-state index < -0.39 is 34.2 Å². The molecule has 29 heavy (non-hydrogen) atoms. The highest BCUT2D eigenvalue weighted by Crippen LogP contribution is 2.47. The van der Waals surface area contributed by atoms with Crippen LogP contribution < -0.4 is 5.32 Å². The number of aryl methyl sites for hydroxylation is 1. The summed E-state index contributed by atoms with van der Waals surface area (Å²) in [6.45, 7) is 0. The van der Waals surface area contributed by atoms with Gasteiger partial charge in [0.05, 0.1) is 18.1 Å². The molecule has 1 aliphatic carbocycles. The van der Waals surface area contributed by atoms with Crippen molar-refractivity contribution in [3.05, 3.63) is 63.1 Å². The lowest BCUT2D eigenvalue weighted by Crippen LogP contribution is -2.16. The molecule has 1 aromatic carbocycles. The predicted octanol–water partition coefficient (Wildman–Crippen LogP) is 5.24. The molecule has 1 aliphatic rings. The second-order valence-electron chi connectivity index (χ2n) is 6.40. The third-order valence-electron chi connectivity index (χ3n) is 4.52. The summed E-state index contributed by atoms with van der Waals surface area (Å²) < 4.78 is 67.7. The van der Waals surface area contributed by atoms with Crippen LogP contribution in [0.1, 0.15) is 32.1 Å². The standard InChI is InChI=1S/C19H12F5N3OS/c20-10-4-2-5-11(21)16(10)18(28)27-14-8-25-12(7-26-14)15-9-3-1-6-13(9)29-17(15)19(22,23)24/h2,4-5,7-8H,1,3,6H2,(H,26,27,28). The maximum Gasteiger partial charge on any atom is 0.426 e. The summed E-state index contributed by atoms with van der Waals surface area (Å²) in [5.74, 6) is -3.30. The average Bonchev–Trinajstić information content (AvgIpc) is 3.23. The Balaban J connectivity index is 1.64. The zero-order valence-corrected chi connectivity index (χ0v) is 15.4. The number of benzene rings is 1. The van der Waals surface area contributed by atoms with Gasteiger partial charge in [0.25, 0.3) is 5.91 Å². The van der Waals surface area contributed by atoms with Gasteiger partial charge in [0.1, 0.15) is 22.1 Å². The third-order valence-corrected chi connectivity index (χ3v) is 5.85. The van der Waals surface area contributed by atoms with Gasteiger partial charge in [-0.25, -0.2) is 13.8 Å². The van der Waals surface area contributed by atoms with E-state index in [-0.39, 0.29) is 17.1 Å². The largest absolute Gasteiger partial charge is 0.426 e. The van der Waals surface area contributed by atoms with Crippen LogP contribution in [-0.4, -0.2) is 15.9 Å². The molecule has 2 heterocycles. The Morgan fingerprint density at radius 2 is 1.79 bits per heavy atom. The van der Waals surface area contributed by atoms with Gasteiger partial charge >= 0.3 is 6.18 Å². The highest BCUT2D eigenvalue weighted by molar-refractivity contribution is 7.12. The summed E-state index contributed by atoms with van der Waals surface area (Å²) in [7, 11) is 0. The minimum absolute atomic E-state index is 0.0144. The molecule has 10 heteroatoms. The van der Waals surface area contributed by atoms with Crippen LogP contribution in [0.2, 0.25) is 0 Å². The van der Waals surface area contributed by atoms with Gasteiger partial charge in [0, 0.05) is 10.4 Å². The summed E-state index contributed by atoms with van der Waals surface area (Å²) in [6, 6.07) is 2.98. The smallest absolute Gasteiger partial charge is 0.305 e. The number of alkyl halides is 3. The number of carbonyl (C=O) groups is 1. The van der Waals surface area contributed by atoms with E-state index in [1.807, 2.05) is 0 Å². The fourth-order valence-electron chi connectivity index (χ4n) is 3.29. The van der Waals surface area contributed by atoms with Crippen molar-refractivity contribution in [3.8, 4) is 11.3 Å². The van der Waals surface area contributed by atoms with Crippen LogP contribution in [0.3, 0.4) is 0 Å². The molecule has 0 unspecified atom stereocenters. The molecule has 2 aromatic heterocycles. The van der Waals surface area contributed by atoms with Crippen LogP contribution in [0.4, 0.5) is 27.8 Å². The van der Waals surface area contributed by atoms with Crippen molar-refractivity contribution < 1.29 is 26.7 Å². The summed E-state index contributed by atoms with van der Waals surface area (Å²) in [5.41, 5.74) is -0.109. The van der Waals surface area contributed by atoms with Crippen LogP contribution in [0.15, 0.2) is 30.6 Å². The SMILES string of the molecule is O=C(Nc1cnc(-c2c(C(F)(F)F)sc3c2CCC3)cn1)c1c(F)cccc1F. The first-order valence-corrected chi connectivity index (χ1v) is 9.37. The molecule has 0 atom stereocenters. The molecule has 1 N–H and O–H groups in total. The molecule has 4 rings (SSSR count). The number of rotatable bonds is 3. The van der Waals surface area contributed by atoms with Gasteiger partial charge in [0.15, 0.2) is 5.82 Å². The maximum absolute atomic E-state index is 13.7. The summed E-state index contributed by atoms with van der Waals surface area (Å²) in [6.07, 6.45) is -0.430. The Labute approximate surface area is 165 Å². The first-order valence-electron chi connectivity index (χ1n) is 8.55. The van der Waals surface area contributed by atoms with Gasteiger partial charge in [-0.2, -0.15) is 13.2 Å². The van der Waals surface area contributed by atoms with Crippen molar-refractivity contribution in [2.75, 3.05) is 5.32 Å². The summed E-state index contributed by atoms with van der Waals surface area (Å²) in [4.78, 5) is 20.0. The normalized spacial score (nSPS) is 13.4.